The van der Waals surface area contributed by atoms with Crippen molar-refractivity contribution >= 4 is 29.1 Å². The first kappa shape index (κ1) is 16.4. The summed E-state index contributed by atoms with van der Waals surface area (Å²) in [6.45, 7) is 0.932. The van der Waals surface area contributed by atoms with Crippen molar-refractivity contribution in [1.29, 1.82) is 0 Å². The van der Waals surface area contributed by atoms with Gasteiger partial charge in [0, 0.05) is 13.2 Å². The maximum Gasteiger partial charge on any atom is 0.261 e. The monoisotopic (exact) mass is 325 g/mol. The first-order chi connectivity index (χ1) is 10.6. The summed E-state index contributed by atoms with van der Waals surface area (Å²) < 4.78 is 5.38. The van der Waals surface area contributed by atoms with Crippen LogP contribution in [-0.4, -0.2) is 50.1 Å². The Hall–Kier alpha value is -1.93. The minimum absolute atomic E-state index is 0.0738. The zero-order valence-corrected chi connectivity index (χ0v) is 12.9. The third kappa shape index (κ3) is 5.45. The third-order valence-corrected chi connectivity index (χ3v) is 4.02. The topological polar surface area (TPSA) is 96.5 Å². The highest BCUT2D eigenvalue weighted by Crippen LogP contribution is 2.10. The third-order valence-electron chi connectivity index (χ3n) is 3.15. The fourth-order valence-electron chi connectivity index (χ4n) is 1.99. The van der Waals surface area contributed by atoms with Gasteiger partial charge in [-0.15, -0.1) is 11.3 Å². The molecule has 22 heavy (non-hydrogen) atoms. The summed E-state index contributed by atoms with van der Waals surface area (Å²) in [5.41, 5.74) is 0. The first-order valence-electron chi connectivity index (χ1n) is 7.12. The molecule has 1 aromatic rings. The molecule has 0 radical (unpaired) electrons. The number of hydrogen-bond donors (Lipinski definition) is 3. The van der Waals surface area contributed by atoms with Gasteiger partial charge in [-0.25, -0.2) is 0 Å². The van der Waals surface area contributed by atoms with Gasteiger partial charge in [0.25, 0.3) is 5.91 Å². The van der Waals surface area contributed by atoms with Gasteiger partial charge in [-0.1, -0.05) is 6.07 Å². The number of rotatable bonds is 7. The highest BCUT2D eigenvalue weighted by atomic mass is 32.1. The predicted octanol–water partition coefficient (Wildman–Crippen LogP) is -0.111. The first-order valence-corrected chi connectivity index (χ1v) is 8.00. The molecule has 0 spiro atoms. The van der Waals surface area contributed by atoms with Crippen molar-refractivity contribution in [2.75, 3.05) is 26.2 Å². The van der Waals surface area contributed by atoms with E-state index in [0.29, 0.717) is 11.4 Å². The predicted molar refractivity (Wildman–Crippen MR) is 81.6 cm³/mol. The summed E-state index contributed by atoms with van der Waals surface area (Å²) in [6.07, 6.45) is 2.03. The van der Waals surface area contributed by atoms with E-state index in [1.807, 2.05) is 0 Å². The van der Waals surface area contributed by atoms with Crippen LogP contribution in [0, 0.1) is 0 Å². The molecule has 1 aromatic heterocycles. The second-order valence-electron chi connectivity index (χ2n) is 4.88. The molecule has 2 rings (SSSR count). The van der Waals surface area contributed by atoms with Gasteiger partial charge in [0.2, 0.25) is 11.8 Å². The Bertz CT molecular complexity index is 512. The summed E-state index contributed by atoms with van der Waals surface area (Å²) in [4.78, 5) is 35.3. The summed E-state index contributed by atoms with van der Waals surface area (Å²) in [7, 11) is 0. The molecule has 3 amide bonds. The van der Waals surface area contributed by atoms with Gasteiger partial charge >= 0.3 is 0 Å². The largest absolute Gasteiger partial charge is 0.376 e. The highest BCUT2D eigenvalue weighted by molar-refractivity contribution is 7.12. The minimum Gasteiger partial charge on any atom is -0.376 e. The molecule has 1 aliphatic heterocycles. The van der Waals surface area contributed by atoms with Crippen molar-refractivity contribution < 1.29 is 19.1 Å². The Morgan fingerprint density at radius 1 is 1.18 bits per heavy atom. The molecule has 1 saturated heterocycles. The molecule has 7 nitrogen and oxygen atoms in total. The molecular formula is C14H19N3O4S. The van der Waals surface area contributed by atoms with Gasteiger partial charge in [-0.3, -0.25) is 14.4 Å². The van der Waals surface area contributed by atoms with Crippen molar-refractivity contribution in [2.45, 2.75) is 18.9 Å². The molecule has 120 valence electrons. The fourth-order valence-corrected chi connectivity index (χ4v) is 2.63. The van der Waals surface area contributed by atoms with E-state index in [9.17, 15) is 14.4 Å². The molecule has 0 aromatic carbocycles. The second-order valence-corrected chi connectivity index (χ2v) is 5.82. The van der Waals surface area contributed by atoms with E-state index in [4.69, 9.17) is 4.74 Å². The van der Waals surface area contributed by atoms with Crippen LogP contribution in [0.25, 0.3) is 0 Å². The quantitative estimate of drug-likeness (QED) is 0.652. The molecule has 0 aliphatic carbocycles. The normalized spacial score (nSPS) is 17.0. The van der Waals surface area contributed by atoms with Gasteiger partial charge in [0.05, 0.1) is 24.1 Å². The number of ether oxygens (including phenoxy) is 1. The lowest BCUT2D eigenvalue weighted by Gasteiger charge is -2.11. The summed E-state index contributed by atoms with van der Waals surface area (Å²) in [5, 5.41) is 9.44. The number of carbonyl (C=O) groups excluding carboxylic acids is 3. The second kappa shape index (κ2) is 8.50. The van der Waals surface area contributed by atoms with Crippen molar-refractivity contribution in [2.24, 2.45) is 0 Å². The van der Waals surface area contributed by atoms with Crippen molar-refractivity contribution in [1.82, 2.24) is 16.0 Å². The van der Waals surface area contributed by atoms with Crippen LogP contribution in [0.15, 0.2) is 17.5 Å². The van der Waals surface area contributed by atoms with Crippen LogP contribution < -0.4 is 16.0 Å². The molecule has 0 bridgehead atoms. The van der Waals surface area contributed by atoms with Crippen LogP contribution in [0.4, 0.5) is 0 Å². The average Bonchev–Trinajstić information content (AvgIpc) is 3.21. The molecule has 2 heterocycles. The molecule has 0 unspecified atom stereocenters. The average molecular weight is 325 g/mol. The van der Waals surface area contributed by atoms with Gasteiger partial charge in [-0.05, 0) is 24.3 Å². The number of hydrogen-bond acceptors (Lipinski definition) is 5. The SMILES string of the molecule is O=C(CNC(=O)CNC(=O)c1cccs1)NC[C@@H]1CCCO1. The lowest BCUT2D eigenvalue weighted by Crippen LogP contribution is -2.43. The van der Waals surface area contributed by atoms with E-state index < -0.39 is 5.91 Å². The van der Waals surface area contributed by atoms with Gasteiger partial charge in [0.15, 0.2) is 0 Å². The summed E-state index contributed by atoms with van der Waals surface area (Å²) in [5.74, 6) is -0.974. The Morgan fingerprint density at radius 2 is 1.95 bits per heavy atom. The Labute approximate surface area is 132 Å². The van der Waals surface area contributed by atoms with Gasteiger partial charge < -0.3 is 20.7 Å². The van der Waals surface area contributed by atoms with Crippen molar-refractivity contribution in [3.8, 4) is 0 Å². The number of nitrogens with one attached hydrogen (secondary N) is 3. The fraction of sp³-hybridized carbons (Fsp3) is 0.500. The van der Waals surface area contributed by atoms with Crippen LogP contribution in [-0.2, 0) is 14.3 Å². The van der Waals surface area contributed by atoms with Crippen LogP contribution in [0.3, 0.4) is 0 Å². The summed E-state index contributed by atoms with van der Waals surface area (Å²) >= 11 is 1.30. The smallest absolute Gasteiger partial charge is 0.261 e. The lowest BCUT2D eigenvalue weighted by molar-refractivity contribution is -0.125. The van der Waals surface area contributed by atoms with Gasteiger partial charge in [0.1, 0.15) is 0 Å². The van der Waals surface area contributed by atoms with Crippen LogP contribution >= 0.6 is 11.3 Å². The van der Waals surface area contributed by atoms with E-state index >= 15 is 0 Å². The zero-order valence-electron chi connectivity index (χ0n) is 12.1. The Kier molecular flexibility index (Phi) is 6.35. The van der Waals surface area contributed by atoms with E-state index in [0.717, 1.165) is 19.4 Å². The standard InChI is InChI=1S/C14H19N3O4S/c18-12(15-7-10-3-1-5-21-10)8-16-13(19)9-17-14(20)11-4-2-6-22-11/h2,4,6,10H,1,3,5,7-9H2,(H,15,18)(H,16,19)(H,17,20)/t10-/m0/s1. The molecule has 8 heteroatoms. The molecular weight excluding hydrogens is 306 g/mol. The number of carbonyl (C=O) groups is 3. The highest BCUT2D eigenvalue weighted by Gasteiger charge is 2.16. The van der Waals surface area contributed by atoms with E-state index in [1.54, 1.807) is 17.5 Å². The molecule has 3 N–H and O–H groups in total. The van der Waals surface area contributed by atoms with Crippen molar-refractivity contribution in [3.05, 3.63) is 22.4 Å². The zero-order chi connectivity index (χ0) is 15.8. The van der Waals surface area contributed by atoms with E-state index in [-0.39, 0.29) is 31.0 Å². The lowest BCUT2D eigenvalue weighted by atomic mass is 10.2. The van der Waals surface area contributed by atoms with Crippen LogP contribution in [0.2, 0.25) is 0 Å². The number of amides is 3. The van der Waals surface area contributed by atoms with Crippen LogP contribution in [0.1, 0.15) is 22.5 Å². The Balaban J connectivity index is 1.56. The Morgan fingerprint density at radius 3 is 2.64 bits per heavy atom. The maximum atomic E-state index is 11.6. The van der Waals surface area contributed by atoms with Crippen molar-refractivity contribution in [3.63, 3.8) is 0 Å². The molecule has 1 fully saturated rings. The van der Waals surface area contributed by atoms with Gasteiger partial charge in [-0.2, -0.15) is 0 Å². The van der Waals surface area contributed by atoms with E-state index in [2.05, 4.69) is 16.0 Å². The summed E-state index contributed by atoms with van der Waals surface area (Å²) in [6, 6.07) is 3.44. The van der Waals surface area contributed by atoms with Crippen LogP contribution in [0.5, 0.6) is 0 Å². The molecule has 0 saturated carbocycles. The number of thiophene rings is 1. The minimum atomic E-state index is -0.405. The molecule has 1 atom stereocenters. The molecule has 1 aliphatic rings. The maximum absolute atomic E-state index is 11.6. The van der Waals surface area contributed by atoms with E-state index in [1.165, 1.54) is 11.3 Å².